The molecule has 4 rings (SSSR count). The zero-order chi connectivity index (χ0) is 19.1. The maximum absolute atomic E-state index is 12.6. The van der Waals surface area contributed by atoms with Gasteiger partial charge < -0.3 is 19.7 Å². The summed E-state index contributed by atoms with van der Waals surface area (Å²) in [5.41, 5.74) is -1.69. The highest BCUT2D eigenvalue weighted by Gasteiger charge is 2.76. The molecule has 0 aromatic carbocycles. The van der Waals surface area contributed by atoms with Gasteiger partial charge in [-0.05, 0) is 55.4 Å². The van der Waals surface area contributed by atoms with Crippen LogP contribution in [0, 0.1) is 22.7 Å². The van der Waals surface area contributed by atoms with Crippen molar-refractivity contribution in [2.75, 3.05) is 7.11 Å². The normalized spacial score (nSPS) is 52.5. The van der Waals surface area contributed by atoms with E-state index in [9.17, 15) is 15.0 Å². The van der Waals surface area contributed by atoms with E-state index in [1.165, 1.54) is 7.11 Å². The molecule has 2 saturated carbocycles. The van der Waals surface area contributed by atoms with Crippen molar-refractivity contribution in [3.63, 3.8) is 0 Å². The number of methoxy groups -OCH3 is 1. The summed E-state index contributed by atoms with van der Waals surface area (Å²) >= 11 is 0. The Hall–Kier alpha value is -0.910. The Morgan fingerprint density at radius 2 is 2.00 bits per heavy atom. The number of carbonyl (C=O) groups excluding carboxylic acids is 1. The topological polar surface area (TPSA) is 79.3 Å². The number of fused-ring (bicyclic) bond motifs is 5. The summed E-state index contributed by atoms with van der Waals surface area (Å²) in [7, 11) is 1.46. The molecule has 26 heavy (non-hydrogen) atoms. The van der Waals surface area contributed by atoms with Crippen LogP contribution in [0.25, 0.3) is 0 Å². The summed E-state index contributed by atoms with van der Waals surface area (Å²) in [5, 5.41) is 22.6. The minimum absolute atomic E-state index is 0.0974. The second kappa shape index (κ2) is 5.33. The van der Waals surface area contributed by atoms with Crippen LogP contribution in [0.3, 0.4) is 0 Å². The number of rotatable bonds is 2. The van der Waals surface area contributed by atoms with Crippen LogP contribution in [-0.2, 0) is 14.3 Å². The number of aliphatic hydroxyl groups excluding tert-OH is 1. The zero-order valence-electron chi connectivity index (χ0n) is 16.5. The molecule has 0 spiro atoms. The summed E-state index contributed by atoms with van der Waals surface area (Å²) in [6.07, 6.45) is 4.74. The van der Waals surface area contributed by atoms with Crippen LogP contribution in [0.1, 0.15) is 59.8 Å². The van der Waals surface area contributed by atoms with Gasteiger partial charge in [0.2, 0.25) is 0 Å². The Morgan fingerprint density at radius 1 is 1.31 bits per heavy atom. The molecule has 3 aliphatic carbocycles. The van der Waals surface area contributed by atoms with E-state index in [0.29, 0.717) is 6.42 Å². The van der Waals surface area contributed by atoms with Gasteiger partial charge in [-0.1, -0.05) is 33.3 Å². The van der Waals surface area contributed by atoms with E-state index in [1.807, 2.05) is 26.8 Å². The lowest BCUT2D eigenvalue weighted by molar-refractivity contribution is -0.167. The molecule has 3 fully saturated rings. The molecule has 1 saturated heterocycles. The van der Waals surface area contributed by atoms with Crippen LogP contribution >= 0.6 is 0 Å². The first-order valence-corrected chi connectivity index (χ1v) is 9.97. The Labute approximate surface area is 155 Å². The monoisotopic (exact) mass is 364 g/mol. The van der Waals surface area contributed by atoms with Gasteiger partial charge in [0.1, 0.15) is 23.4 Å². The summed E-state index contributed by atoms with van der Waals surface area (Å²) in [4.78, 5) is 12.6. The lowest BCUT2D eigenvalue weighted by Crippen LogP contribution is -2.61. The largest absolute Gasteiger partial charge is 0.469 e. The third kappa shape index (κ3) is 1.95. The molecule has 5 nitrogen and oxygen atoms in total. The fourth-order valence-electron chi connectivity index (χ4n) is 6.85. The van der Waals surface area contributed by atoms with E-state index in [4.69, 9.17) is 9.47 Å². The molecule has 5 heteroatoms. The van der Waals surface area contributed by atoms with Crippen LogP contribution in [0.4, 0.5) is 0 Å². The highest BCUT2D eigenvalue weighted by molar-refractivity contribution is 5.77. The highest BCUT2D eigenvalue weighted by atomic mass is 16.6. The maximum Gasteiger partial charge on any atom is 0.311 e. The van der Waals surface area contributed by atoms with Gasteiger partial charge in [-0.2, -0.15) is 0 Å². The number of esters is 1. The van der Waals surface area contributed by atoms with E-state index >= 15 is 0 Å². The molecule has 7 atom stereocenters. The molecule has 1 heterocycles. The van der Waals surface area contributed by atoms with Crippen molar-refractivity contribution < 1.29 is 24.5 Å². The number of ether oxygens (including phenoxy) is 2. The van der Waals surface area contributed by atoms with Crippen LogP contribution in [-0.4, -0.2) is 46.7 Å². The molecule has 146 valence electrons. The van der Waals surface area contributed by atoms with Crippen molar-refractivity contribution in [3.8, 4) is 0 Å². The first-order chi connectivity index (χ1) is 12.1. The standard InChI is InChI=1S/C21H32O5/c1-12(2)21-15(22)11-14-18(3)8-6-9-19(4,17(23)25-5)13(18)7-10-20(14,24)16(21)26-21/h11-13,15-16,22,24H,6-10H2,1-5H3/t13-,15-,16+,18-,19-,20-,21+/m1/s1. The first-order valence-electron chi connectivity index (χ1n) is 9.97. The molecule has 2 N–H and O–H groups in total. The van der Waals surface area contributed by atoms with Gasteiger partial charge in [0.25, 0.3) is 0 Å². The minimum atomic E-state index is -1.04. The summed E-state index contributed by atoms with van der Waals surface area (Å²) in [6.45, 7) is 8.24. The molecule has 0 unspecified atom stereocenters. The van der Waals surface area contributed by atoms with E-state index < -0.39 is 22.7 Å². The van der Waals surface area contributed by atoms with Crippen LogP contribution in [0.2, 0.25) is 0 Å². The van der Waals surface area contributed by atoms with Crippen molar-refractivity contribution >= 4 is 5.97 Å². The number of aliphatic hydroxyl groups is 2. The average Bonchev–Trinajstić information content (AvgIpc) is 3.35. The van der Waals surface area contributed by atoms with Gasteiger partial charge in [0.05, 0.1) is 12.5 Å². The Bertz CT molecular complexity index is 671. The molecular weight excluding hydrogens is 332 g/mol. The third-order valence-electron chi connectivity index (χ3n) is 8.28. The molecule has 0 radical (unpaired) electrons. The van der Waals surface area contributed by atoms with Crippen LogP contribution in [0.5, 0.6) is 0 Å². The molecule has 1 aliphatic heterocycles. The number of hydrogen-bond donors (Lipinski definition) is 2. The number of carbonyl (C=O) groups is 1. The van der Waals surface area contributed by atoms with Gasteiger partial charge in [-0.15, -0.1) is 0 Å². The number of hydrogen-bond acceptors (Lipinski definition) is 5. The summed E-state index contributed by atoms with van der Waals surface area (Å²) in [6, 6.07) is 0. The molecule has 0 aromatic rings. The zero-order valence-corrected chi connectivity index (χ0v) is 16.5. The van der Waals surface area contributed by atoms with Crippen molar-refractivity contribution in [2.45, 2.75) is 83.2 Å². The lowest BCUT2D eigenvalue weighted by Gasteiger charge is -2.59. The molecule has 4 aliphatic rings. The SMILES string of the molecule is COC(=O)[C@]1(C)CCC[C@@]2(C)C3=C[C@@H](O)[C@]4(C(C)C)O[C@H]4[C@@]3(O)CC[C@@H]12. The lowest BCUT2D eigenvalue weighted by atomic mass is 9.45. The van der Waals surface area contributed by atoms with Gasteiger partial charge in [0, 0.05) is 0 Å². The van der Waals surface area contributed by atoms with E-state index in [1.54, 1.807) is 0 Å². The maximum atomic E-state index is 12.6. The van der Waals surface area contributed by atoms with Crippen molar-refractivity contribution in [2.24, 2.45) is 22.7 Å². The van der Waals surface area contributed by atoms with Crippen molar-refractivity contribution in [3.05, 3.63) is 11.6 Å². The first kappa shape index (κ1) is 18.5. The average molecular weight is 364 g/mol. The second-order valence-electron chi connectivity index (χ2n) is 9.73. The Balaban J connectivity index is 1.79. The van der Waals surface area contributed by atoms with Crippen LogP contribution < -0.4 is 0 Å². The van der Waals surface area contributed by atoms with Crippen LogP contribution in [0.15, 0.2) is 11.6 Å². The number of epoxide rings is 1. The third-order valence-corrected chi connectivity index (χ3v) is 8.28. The minimum Gasteiger partial charge on any atom is -0.469 e. The van der Waals surface area contributed by atoms with Gasteiger partial charge in [0.15, 0.2) is 0 Å². The van der Waals surface area contributed by atoms with E-state index in [0.717, 1.165) is 31.3 Å². The Morgan fingerprint density at radius 3 is 2.62 bits per heavy atom. The Kier molecular flexibility index (Phi) is 3.78. The molecular formula is C21H32O5. The van der Waals surface area contributed by atoms with E-state index in [2.05, 4.69) is 6.92 Å². The van der Waals surface area contributed by atoms with E-state index in [-0.39, 0.29) is 29.3 Å². The second-order valence-corrected chi connectivity index (χ2v) is 9.73. The summed E-state index contributed by atoms with van der Waals surface area (Å²) in [5.74, 6) is 0.0665. The molecule has 0 aromatic heterocycles. The fourth-order valence-corrected chi connectivity index (χ4v) is 6.85. The highest BCUT2D eigenvalue weighted by Crippen LogP contribution is 2.68. The quantitative estimate of drug-likeness (QED) is 0.447. The van der Waals surface area contributed by atoms with Gasteiger partial charge in [-0.3, -0.25) is 4.79 Å². The smallest absolute Gasteiger partial charge is 0.311 e. The summed E-state index contributed by atoms with van der Waals surface area (Å²) < 4.78 is 11.2. The van der Waals surface area contributed by atoms with Crippen molar-refractivity contribution in [1.29, 1.82) is 0 Å². The predicted octanol–water partition coefficient (Wildman–Crippen LogP) is 2.59. The predicted molar refractivity (Wildman–Crippen MR) is 96.3 cm³/mol. The molecule has 0 amide bonds. The fraction of sp³-hybridized carbons (Fsp3) is 0.857. The van der Waals surface area contributed by atoms with Gasteiger partial charge in [-0.25, -0.2) is 0 Å². The van der Waals surface area contributed by atoms with Crippen molar-refractivity contribution in [1.82, 2.24) is 0 Å². The van der Waals surface area contributed by atoms with Gasteiger partial charge >= 0.3 is 5.97 Å². The molecule has 0 bridgehead atoms.